The normalized spacial score (nSPS) is 16.7. The maximum Gasteiger partial charge on any atom is 0.236 e. The fourth-order valence-electron chi connectivity index (χ4n) is 2.67. The summed E-state index contributed by atoms with van der Waals surface area (Å²) in [6.45, 7) is 5.54. The molecule has 1 fully saturated rings. The van der Waals surface area contributed by atoms with Crippen molar-refractivity contribution < 1.29 is 9.59 Å². The minimum Gasteiger partial charge on any atom is -0.371 e. The Labute approximate surface area is 137 Å². The van der Waals surface area contributed by atoms with Crippen LogP contribution in [0.4, 0.5) is 11.4 Å². The van der Waals surface area contributed by atoms with E-state index in [9.17, 15) is 9.59 Å². The second-order valence-electron chi connectivity index (χ2n) is 6.20. The van der Waals surface area contributed by atoms with Gasteiger partial charge in [0.05, 0.1) is 6.04 Å². The Balaban J connectivity index is 1.87. The van der Waals surface area contributed by atoms with Crippen molar-refractivity contribution >= 4 is 23.2 Å². The number of nitrogens with zero attached hydrogens (tertiary/aromatic N) is 1. The van der Waals surface area contributed by atoms with Gasteiger partial charge in [-0.25, -0.2) is 0 Å². The molecule has 6 heteroatoms. The van der Waals surface area contributed by atoms with Crippen molar-refractivity contribution in [2.75, 3.05) is 23.3 Å². The van der Waals surface area contributed by atoms with Crippen LogP contribution in [0.25, 0.3) is 0 Å². The third kappa shape index (κ3) is 5.25. The molecule has 0 aromatic heterocycles. The third-order valence-corrected chi connectivity index (χ3v) is 3.89. The third-order valence-electron chi connectivity index (χ3n) is 3.89. The van der Waals surface area contributed by atoms with Crippen molar-refractivity contribution in [3.05, 3.63) is 24.3 Å². The van der Waals surface area contributed by atoms with Crippen LogP contribution in [0.2, 0.25) is 0 Å². The van der Waals surface area contributed by atoms with Gasteiger partial charge in [-0.2, -0.15) is 0 Å². The fraction of sp³-hybridized carbons (Fsp3) is 0.529. The molecule has 126 valence electrons. The van der Waals surface area contributed by atoms with Crippen molar-refractivity contribution in [3.8, 4) is 0 Å². The van der Waals surface area contributed by atoms with Gasteiger partial charge in [-0.3, -0.25) is 9.59 Å². The van der Waals surface area contributed by atoms with E-state index >= 15 is 0 Å². The first-order valence-corrected chi connectivity index (χ1v) is 8.16. The Morgan fingerprint density at radius 1 is 1.26 bits per heavy atom. The lowest BCUT2D eigenvalue weighted by molar-refractivity contribution is -0.123. The van der Waals surface area contributed by atoms with Crippen LogP contribution in [0, 0.1) is 0 Å². The average Bonchev–Trinajstić information content (AvgIpc) is 3.01. The second kappa shape index (κ2) is 7.97. The molecule has 1 aliphatic heterocycles. The Morgan fingerprint density at radius 2 is 1.96 bits per heavy atom. The molecule has 1 saturated heterocycles. The molecular formula is C17H26N4O2. The van der Waals surface area contributed by atoms with E-state index < -0.39 is 6.04 Å². The van der Waals surface area contributed by atoms with E-state index in [2.05, 4.69) is 21.6 Å². The fourth-order valence-corrected chi connectivity index (χ4v) is 2.67. The van der Waals surface area contributed by atoms with Crippen molar-refractivity contribution in [2.45, 2.75) is 45.2 Å². The first kappa shape index (κ1) is 17.3. The van der Waals surface area contributed by atoms with Crippen LogP contribution in [0.3, 0.4) is 0 Å². The van der Waals surface area contributed by atoms with Gasteiger partial charge < -0.3 is 21.3 Å². The summed E-state index contributed by atoms with van der Waals surface area (Å²) >= 11 is 0. The zero-order valence-corrected chi connectivity index (χ0v) is 13.8. The lowest BCUT2D eigenvalue weighted by atomic mass is 10.2. The van der Waals surface area contributed by atoms with E-state index in [1.807, 2.05) is 18.2 Å². The average molecular weight is 318 g/mol. The Hall–Kier alpha value is -2.08. The smallest absolute Gasteiger partial charge is 0.236 e. The highest BCUT2D eigenvalue weighted by Crippen LogP contribution is 2.23. The molecule has 1 aromatic rings. The van der Waals surface area contributed by atoms with Gasteiger partial charge in [0.15, 0.2) is 0 Å². The molecule has 0 aliphatic carbocycles. The van der Waals surface area contributed by atoms with Gasteiger partial charge in [0, 0.05) is 36.9 Å². The van der Waals surface area contributed by atoms with Crippen LogP contribution in [-0.2, 0) is 9.59 Å². The number of carbonyl (C=O) groups is 2. The van der Waals surface area contributed by atoms with Crippen LogP contribution >= 0.6 is 0 Å². The number of carbonyl (C=O) groups excluding carboxylic acids is 2. The SMILES string of the molecule is CC(CC(=O)Nc1cccc(N2CCCC2)c1)NC(=O)C(C)N. The first-order chi connectivity index (χ1) is 11.0. The minimum atomic E-state index is -0.572. The monoisotopic (exact) mass is 318 g/mol. The highest BCUT2D eigenvalue weighted by atomic mass is 16.2. The molecule has 1 aliphatic rings. The molecule has 0 saturated carbocycles. The molecule has 23 heavy (non-hydrogen) atoms. The van der Waals surface area contributed by atoms with Crippen LogP contribution in [0.15, 0.2) is 24.3 Å². The predicted molar refractivity (Wildman–Crippen MR) is 92.4 cm³/mol. The molecule has 6 nitrogen and oxygen atoms in total. The zero-order valence-electron chi connectivity index (χ0n) is 13.8. The van der Waals surface area contributed by atoms with Gasteiger partial charge >= 0.3 is 0 Å². The van der Waals surface area contributed by atoms with Gasteiger partial charge in [0.2, 0.25) is 11.8 Å². The number of nitrogens with one attached hydrogen (secondary N) is 2. The summed E-state index contributed by atoms with van der Waals surface area (Å²) in [6.07, 6.45) is 2.65. The molecule has 0 radical (unpaired) electrons. The van der Waals surface area contributed by atoms with Crippen molar-refractivity contribution in [3.63, 3.8) is 0 Å². The molecule has 2 atom stereocenters. The molecule has 1 heterocycles. The summed E-state index contributed by atoms with van der Waals surface area (Å²) in [7, 11) is 0. The highest BCUT2D eigenvalue weighted by Gasteiger charge is 2.15. The molecule has 2 unspecified atom stereocenters. The predicted octanol–water partition coefficient (Wildman–Crippen LogP) is 1.47. The van der Waals surface area contributed by atoms with Crippen LogP contribution < -0.4 is 21.3 Å². The van der Waals surface area contributed by atoms with Crippen molar-refractivity contribution in [2.24, 2.45) is 5.73 Å². The van der Waals surface area contributed by atoms with E-state index in [4.69, 9.17) is 5.73 Å². The topological polar surface area (TPSA) is 87.5 Å². The van der Waals surface area contributed by atoms with E-state index in [1.54, 1.807) is 13.8 Å². The van der Waals surface area contributed by atoms with E-state index in [-0.39, 0.29) is 24.3 Å². The van der Waals surface area contributed by atoms with Crippen LogP contribution in [0.5, 0.6) is 0 Å². The Kier molecular flexibility index (Phi) is 5.98. The van der Waals surface area contributed by atoms with E-state index in [1.165, 1.54) is 12.8 Å². The number of hydrogen-bond acceptors (Lipinski definition) is 4. The number of rotatable bonds is 6. The van der Waals surface area contributed by atoms with Crippen LogP contribution in [0.1, 0.15) is 33.1 Å². The molecule has 4 N–H and O–H groups in total. The quantitative estimate of drug-likeness (QED) is 0.741. The largest absolute Gasteiger partial charge is 0.371 e. The molecule has 2 rings (SSSR count). The summed E-state index contributed by atoms with van der Waals surface area (Å²) in [5, 5.41) is 5.61. The molecule has 1 aromatic carbocycles. The van der Waals surface area contributed by atoms with E-state index in [0.717, 1.165) is 24.5 Å². The molecule has 0 spiro atoms. The maximum absolute atomic E-state index is 12.1. The lowest BCUT2D eigenvalue weighted by Gasteiger charge is -2.19. The molecule has 2 amide bonds. The number of nitrogens with two attached hydrogens (primary N) is 1. The highest BCUT2D eigenvalue weighted by molar-refractivity contribution is 5.92. The van der Waals surface area contributed by atoms with Crippen LogP contribution in [-0.4, -0.2) is 37.0 Å². The van der Waals surface area contributed by atoms with Gasteiger partial charge in [0.25, 0.3) is 0 Å². The van der Waals surface area contributed by atoms with Gasteiger partial charge in [-0.05, 0) is 44.9 Å². The number of benzene rings is 1. The van der Waals surface area contributed by atoms with Gasteiger partial charge in [-0.15, -0.1) is 0 Å². The summed E-state index contributed by atoms with van der Waals surface area (Å²) in [5.74, 6) is -0.373. The Bertz CT molecular complexity index is 553. The second-order valence-corrected chi connectivity index (χ2v) is 6.20. The number of anilines is 2. The van der Waals surface area contributed by atoms with Crippen molar-refractivity contribution in [1.29, 1.82) is 0 Å². The first-order valence-electron chi connectivity index (χ1n) is 8.16. The number of amides is 2. The van der Waals surface area contributed by atoms with Crippen molar-refractivity contribution in [1.82, 2.24) is 5.32 Å². The standard InChI is InChI=1S/C17H26N4O2/c1-12(19-17(23)13(2)18)10-16(22)20-14-6-5-7-15(11-14)21-8-3-4-9-21/h5-7,11-13H,3-4,8-10,18H2,1-2H3,(H,19,23)(H,20,22). The molecular weight excluding hydrogens is 292 g/mol. The molecule has 0 bridgehead atoms. The lowest BCUT2D eigenvalue weighted by Crippen LogP contribution is -2.43. The summed E-state index contributed by atoms with van der Waals surface area (Å²) in [6, 6.07) is 7.06. The summed E-state index contributed by atoms with van der Waals surface area (Å²) < 4.78 is 0. The maximum atomic E-state index is 12.1. The minimum absolute atomic E-state index is 0.124. The summed E-state index contributed by atoms with van der Waals surface area (Å²) in [4.78, 5) is 25.9. The Morgan fingerprint density at radius 3 is 2.61 bits per heavy atom. The van der Waals surface area contributed by atoms with Gasteiger partial charge in [-0.1, -0.05) is 6.07 Å². The summed E-state index contributed by atoms with van der Waals surface area (Å²) in [5.41, 5.74) is 7.42. The van der Waals surface area contributed by atoms with E-state index in [0.29, 0.717) is 0 Å². The zero-order chi connectivity index (χ0) is 16.8. The number of hydrogen-bond donors (Lipinski definition) is 3. The van der Waals surface area contributed by atoms with Gasteiger partial charge in [0.1, 0.15) is 0 Å².